The number of benzene rings is 1. The summed E-state index contributed by atoms with van der Waals surface area (Å²) in [5.41, 5.74) is 7.55. The standard InChI is InChI=1S/C24H26N6O3S/c1-14-10-16(12-17(11-14)28-22-26-9-4-18(29-22)15-2-3-15)19-13-27-21(34-19)24(32)7-5-23(25,6-8-24)20(31)30-33/h4,9-13,15,32H,2-3,5-8,25H2,1H3,(H,26,28,29). The first-order chi connectivity index (χ1) is 16.3. The highest BCUT2D eigenvalue weighted by atomic mass is 32.1. The van der Waals surface area contributed by atoms with Crippen molar-refractivity contribution >= 4 is 28.9 Å². The molecule has 2 fully saturated rings. The molecule has 2 aromatic heterocycles. The smallest absolute Gasteiger partial charge is 0.305 e. The molecule has 34 heavy (non-hydrogen) atoms. The van der Waals surface area contributed by atoms with E-state index >= 15 is 0 Å². The van der Waals surface area contributed by atoms with Gasteiger partial charge in [0.25, 0.3) is 0 Å². The predicted octanol–water partition coefficient (Wildman–Crippen LogP) is 4.28. The second kappa shape index (κ2) is 8.61. The SMILES string of the molecule is Cc1cc(Nc2nccc(C3CC3)n2)cc(-c2cnc(C3(O)CCC(N)(C(=O)N=O)CC3)s2)c1. The van der Waals surface area contributed by atoms with Crippen LogP contribution in [0.4, 0.5) is 11.6 Å². The lowest BCUT2D eigenvalue weighted by Gasteiger charge is -2.38. The Labute approximate surface area is 200 Å². The third-order valence-electron chi connectivity index (χ3n) is 6.67. The Bertz CT molecular complexity index is 1250. The molecule has 2 heterocycles. The van der Waals surface area contributed by atoms with Crippen LogP contribution in [-0.4, -0.2) is 31.5 Å². The number of rotatable bonds is 6. The number of aliphatic hydroxyl groups is 1. The molecule has 2 aliphatic rings. The number of nitrogens with zero attached hydrogens (tertiary/aromatic N) is 4. The Hall–Kier alpha value is -3.08. The lowest BCUT2D eigenvalue weighted by Crippen LogP contribution is -2.52. The van der Waals surface area contributed by atoms with Crippen molar-refractivity contribution in [3.8, 4) is 10.4 Å². The fourth-order valence-electron chi connectivity index (χ4n) is 4.42. The van der Waals surface area contributed by atoms with Crippen LogP contribution >= 0.6 is 11.3 Å². The molecule has 176 valence electrons. The van der Waals surface area contributed by atoms with Crippen molar-refractivity contribution in [2.75, 3.05) is 5.32 Å². The van der Waals surface area contributed by atoms with Crippen LogP contribution in [0.2, 0.25) is 0 Å². The van der Waals surface area contributed by atoms with E-state index in [0.717, 1.165) is 27.4 Å². The average Bonchev–Trinajstić information content (AvgIpc) is 3.56. The van der Waals surface area contributed by atoms with Crippen molar-refractivity contribution in [2.24, 2.45) is 10.9 Å². The largest absolute Gasteiger partial charge is 0.383 e. The second-order valence-corrected chi connectivity index (χ2v) is 10.4. The van der Waals surface area contributed by atoms with Gasteiger partial charge in [0.05, 0.1) is 4.88 Å². The first-order valence-corrected chi connectivity index (χ1v) is 12.2. The maximum atomic E-state index is 11.8. The van der Waals surface area contributed by atoms with Crippen LogP contribution in [0.15, 0.2) is 41.8 Å². The van der Waals surface area contributed by atoms with E-state index in [1.54, 1.807) is 12.4 Å². The van der Waals surface area contributed by atoms with E-state index in [0.29, 0.717) is 16.9 Å². The Balaban J connectivity index is 1.35. The molecule has 9 nitrogen and oxygen atoms in total. The van der Waals surface area contributed by atoms with Crippen LogP contribution in [-0.2, 0) is 10.4 Å². The summed E-state index contributed by atoms with van der Waals surface area (Å²) >= 11 is 1.41. The van der Waals surface area contributed by atoms with E-state index < -0.39 is 17.0 Å². The average molecular weight is 479 g/mol. The Morgan fingerprint density at radius 1 is 1.21 bits per heavy atom. The fourth-order valence-corrected chi connectivity index (χ4v) is 5.47. The van der Waals surface area contributed by atoms with Crippen LogP contribution < -0.4 is 11.1 Å². The monoisotopic (exact) mass is 478 g/mol. The first-order valence-electron chi connectivity index (χ1n) is 11.4. The summed E-state index contributed by atoms with van der Waals surface area (Å²) in [5, 5.41) is 17.6. The van der Waals surface area contributed by atoms with Crippen molar-refractivity contribution < 1.29 is 9.90 Å². The highest BCUT2D eigenvalue weighted by Gasteiger charge is 2.46. The predicted molar refractivity (Wildman–Crippen MR) is 130 cm³/mol. The molecule has 0 aliphatic heterocycles. The number of carbonyl (C=O) groups is 1. The van der Waals surface area contributed by atoms with Gasteiger partial charge in [0.15, 0.2) is 0 Å². The summed E-state index contributed by atoms with van der Waals surface area (Å²) in [5.74, 6) is 0.267. The van der Waals surface area contributed by atoms with E-state index in [9.17, 15) is 14.8 Å². The number of nitrogens with two attached hydrogens (primary N) is 1. The minimum absolute atomic E-state index is 0.182. The molecule has 10 heteroatoms. The number of nitroso groups, excluding NO2 is 1. The number of aromatic nitrogens is 3. The van der Waals surface area contributed by atoms with Crippen molar-refractivity contribution in [1.82, 2.24) is 15.0 Å². The van der Waals surface area contributed by atoms with E-state index in [4.69, 9.17) is 5.73 Å². The molecular weight excluding hydrogens is 452 g/mol. The number of aryl methyl sites for hydroxylation is 1. The first kappa shape index (κ1) is 22.7. The zero-order valence-electron chi connectivity index (χ0n) is 18.8. The molecule has 2 saturated carbocycles. The Morgan fingerprint density at radius 2 is 1.97 bits per heavy atom. The lowest BCUT2D eigenvalue weighted by molar-refractivity contribution is -0.126. The summed E-state index contributed by atoms with van der Waals surface area (Å²) in [7, 11) is 0. The number of carbonyl (C=O) groups excluding carboxylic acids is 1. The topological polar surface area (TPSA) is 143 Å². The van der Waals surface area contributed by atoms with Gasteiger partial charge in [-0.25, -0.2) is 15.0 Å². The van der Waals surface area contributed by atoms with Crippen molar-refractivity contribution in [2.45, 2.75) is 62.5 Å². The summed E-state index contributed by atoms with van der Waals surface area (Å²) in [6, 6.07) is 8.08. The molecule has 0 unspecified atom stereocenters. The fraction of sp³-hybridized carbons (Fsp3) is 0.417. The van der Waals surface area contributed by atoms with Crippen LogP contribution in [0.3, 0.4) is 0 Å². The van der Waals surface area contributed by atoms with Crippen LogP contribution in [0.25, 0.3) is 10.4 Å². The molecule has 1 amide bonds. The van der Waals surface area contributed by atoms with Crippen LogP contribution in [0.5, 0.6) is 0 Å². The zero-order valence-corrected chi connectivity index (χ0v) is 19.6. The van der Waals surface area contributed by atoms with Crippen molar-refractivity contribution in [1.29, 1.82) is 0 Å². The lowest BCUT2D eigenvalue weighted by atomic mass is 9.74. The Kier molecular flexibility index (Phi) is 5.75. The molecular formula is C24H26N6O3S. The molecule has 4 N–H and O–H groups in total. The van der Waals surface area contributed by atoms with Gasteiger partial charge in [-0.15, -0.1) is 16.2 Å². The number of anilines is 2. The van der Waals surface area contributed by atoms with Gasteiger partial charge in [-0.05, 0) is 74.8 Å². The Morgan fingerprint density at radius 3 is 2.68 bits per heavy atom. The molecule has 5 rings (SSSR count). The summed E-state index contributed by atoms with van der Waals surface area (Å²) in [6.45, 7) is 2.02. The van der Waals surface area contributed by atoms with Gasteiger partial charge >= 0.3 is 5.91 Å². The number of nitrogens with one attached hydrogen (secondary N) is 1. The molecule has 0 saturated heterocycles. The number of hydrogen-bond acceptors (Lipinski definition) is 9. The maximum Gasteiger partial charge on any atom is 0.305 e. The normalized spacial score (nSPS) is 24.6. The van der Waals surface area contributed by atoms with Gasteiger partial charge in [0, 0.05) is 34.9 Å². The molecule has 0 spiro atoms. The van der Waals surface area contributed by atoms with Gasteiger partial charge in [-0.1, -0.05) is 6.07 Å². The zero-order chi connectivity index (χ0) is 23.9. The van der Waals surface area contributed by atoms with Crippen LogP contribution in [0, 0.1) is 11.8 Å². The van der Waals surface area contributed by atoms with Gasteiger partial charge in [-0.2, -0.15) is 0 Å². The third kappa shape index (κ3) is 4.48. The van der Waals surface area contributed by atoms with Gasteiger partial charge in [-0.3, -0.25) is 4.79 Å². The maximum absolute atomic E-state index is 11.8. The molecule has 3 aromatic rings. The molecule has 0 radical (unpaired) electrons. The number of thiazole rings is 1. The van der Waals surface area contributed by atoms with E-state index in [-0.39, 0.29) is 25.7 Å². The van der Waals surface area contributed by atoms with E-state index in [2.05, 4.69) is 31.5 Å². The van der Waals surface area contributed by atoms with Crippen molar-refractivity contribution in [3.63, 3.8) is 0 Å². The van der Waals surface area contributed by atoms with Crippen molar-refractivity contribution in [3.05, 3.63) is 57.8 Å². The highest BCUT2D eigenvalue weighted by Crippen LogP contribution is 2.44. The minimum atomic E-state index is -1.30. The second-order valence-electron chi connectivity index (χ2n) is 9.41. The summed E-state index contributed by atoms with van der Waals surface area (Å²) in [4.78, 5) is 36.8. The summed E-state index contributed by atoms with van der Waals surface area (Å²) in [6.07, 6.45) is 6.75. The van der Waals surface area contributed by atoms with Crippen LogP contribution in [0.1, 0.15) is 60.7 Å². The number of amides is 1. The molecule has 2 aliphatic carbocycles. The van der Waals surface area contributed by atoms with Gasteiger partial charge in [0.2, 0.25) is 5.95 Å². The van der Waals surface area contributed by atoms with Gasteiger partial charge in [0.1, 0.15) is 16.1 Å². The van der Waals surface area contributed by atoms with E-state index in [1.807, 2.05) is 25.1 Å². The molecule has 1 aromatic carbocycles. The highest BCUT2D eigenvalue weighted by molar-refractivity contribution is 7.15. The van der Waals surface area contributed by atoms with E-state index in [1.165, 1.54) is 24.2 Å². The molecule has 0 bridgehead atoms. The number of hydrogen-bond donors (Lipinski definition) is 3. The summed E-state index contributed by atoms with van der Waals surface area (Å²) < 4.78 is 0. The minimum Gasteiger partial charge on any atom is -0.383 e. The third-order valence-corrected chi connectivity index (χ3v) is 7.91. The van der Waals surface area contributed by atoms with Gasteiger partial charge < -0.3 is 16.2 Å². The quantitative estimate of drug-likeness (QED) is 0.445. The molecule has 0 atom stereocenters.